The van der Waals surface area contributed by atoms with Crippen LogP contribution in [0.4, 0.5) is 37.6 Å². The van der Waals surface area contributed by atoms with Crippen LogP contribution in [0.2, 0.25) is 0 Å². The lowest BCUT2D eigenvalue weighted by Crippen LogP contribution is -2.66. The summed E-state index contributed by atoms with van der Waals surface area (Å²) in [5.41, 5.74) is 6.83. The number of benzene rings is 1. The summed E-state index contributed by atoms with van der Waals surface area (Å²) < 4.78 is 75.0. The van der Waals surface area contributed by atoms with Crippen LogP contribution in [-0.4, -0.2) is 98.1 Å². The summed E-state index contributed by atoms with van der Waals surface area (Å²) in [6.07, 6.45) is 4.82. The fraction of sp³-hybridized carbons (Fsp3) is 0.524. The molecule has 0 bridgehead atoms. The molecule has 1 aromatic carbocycles. The van der Waals surface area contributed by atoms with Gasteiger partial charge in [0.05, 0.1) is 23.1 Å². The van der Waals surface area contributed by atoms with Crippen molar-refractivity contribution in [3.05, 3.63) is 64.1 Å². The monoisotopic (exact) mass is 886 g/mol. The first-order valence-electron chi connectivity index (χ1n) is 20.3. The van der Waals surface area contributed by atoms with Crippen LogP contribution in [0.5, 0.6) is 6.01 Å². The van der Waals surface area contributed by atoms with E-state index in [0.29, 0.717) is 43.5 Å². The largest absolute Gasteiger partial charge is 0.467 e. The van der Waals surface area contributed by atoms with E-state index in [1.54, 1.807) is 4.90 Å². The van der Waals surface area contributed by atoms with Crippen LogP contribution in [0.15, 0.2) is 30.1 Å². The van der Waals surface area contributed by atoms with Crippen molar-refractivity contribution in [2.45, 2.75) is 96.7 Å². The van der Waals surface area contributed by atoms with Gasteiger partial charge in [-0.3, -0.25) is 4.90 Å². The molecule has 12 nitrogen and oxygen atoms in total. The smallest absolute Gasteiger partial charge is 0.346 e. The molecule has 5 atom stereocenters. The Bertz CT molecular complexity index is 2370. The summed E-state index contributed by atoms with van der Waals surface area (Å²) in [5.74, 6) is -1.02. The highest BCUT2D eigenvalue weighted by Crippen LogP contribution is 2.56. The van der Waals surface area contributed by atoms with Gasteiger partial charge in [0, 0.05) is 59.7 Å². The maximum absolute atomic E-state index is 14.8. The molecule has 0 radical (unpaired) electrons. The summed E-state index contributed by atoms with van der Waals surface area (Å²) in [4.78, 5) is 32.0. The first-order valence-corrected chi connectivity index (χ1v) is 21.5. The number of anilines is 2. The van der Waals surface area contributed by atoms with Crippen LogP contribution in [0, 0.1) is 28.5 Å². The van der Waals surface area contributed by atoms with E-state index < -0.39 is 36.9 Å². The topological polar surface area (TPSA) is 142 Å². The second-order valence-electron chi connectivity index (χ2n) is 16.4. The minimum absolute atomic E-state index is 0.0000160. The molecule has 4 fully saturated rings. The Hall–Kier alpha value is -4.86. The predicted molar refractivity (Wildman–Crippen MR) is 225 cm³/mol. The van der Waals surface area contributed by atoms with Gasteiger partial charge in [0.2, 0.25) is 5.82 Å². The van der Waals surface area contributed by atoms with Crippen molar-refractivity contribution in [3.63, 3.8) is 0 Å². The molecule has 2 N–H and O–H groups in total. The number of amides is 1. The van der Waals surface area contributed by atoms with E-state index in [1.165, 1.54) is 38.2 Å². The van der Waals surface area contributed by atoms with Crippen LogP contribution in [0.1, 0.15) is 93.9 Å². The summed E-state index contributed by atoms with van der Waals surface area (Å²) in [6.45, 7) is 11.8. The van der Waals surface area contributed by atoms with Crippen molar-refractivity contribution in [1.82, 2.24) is 34.5 Å². The minimum Gasteiger partial charge on any atom is -0.467 e. The Labute approximate surface area is 359 Å². The molecule has 326 valence electrons. The van der Waals surface area contributed by atoms with E-state index in [0.717, 1.165) is 48.2 Å². The zero-order chi connectivity index (χ0) is 43.9. The summed E-state index contributed by atoms with van der Waals surface area (Å²) in [7, 11) is 1.38. The normalized spacial score (nSPS) is 22.3. The number of ether oxygens (including phenoxy) is 1. The van der Waals surface area contributed by atoms with E-state index in [-0.39, 0.29) is 71.9 Å². The lowest BCUT2D eigenvalue weighted by Gasteiger charge is -2.53. The van der Waals surface area contributed by atoms with Crippen LogP contribution < -0.4 is 15.4 Å². The molecule has 61 heavy (non-hydrogen) atoms. The van der Waals surface area contributed by atoms with Gasteiger partial charge in [-0.2, -0.15) is 19.9 Å². The minimum atomic E-state index is -2.91. The van der Waals surface area contributed by atoms with Gasteiger partial charge in [-0.25, -0.2) is 31.7 Å². The number of allylic oxidation sites excluding steroid dienone is 2. The fourth-order valence-electron chi connectivity index (χ4n) is 8.88. The number of rotatable bonds is 12. The molecular weight excluding hydrogens is 839 g/mol. The van der Waals surface area contributed by atoms with Crippen LogP contribution >= 0.6 is 22.9 Å². The zero-order valence-electron chi connectivity index (χ0n) is 34.4. The highest BCUT2D eigenvalue weighted by atomic mass is 35.5. The van der Waals surface area contributed by atoms with Gasteiger partial charge >= 0.3 is 12.0 Å². The molecular formula is C42H48ClF5N10O2S. The Balaban J connectivity index is 0.000000547. The number of nitriles is 1. The zero-order valence-corrected chi connectivity index (χ0v) is 35.9. The van der Waals surface area contributed by atoms with Gasteiger partial charge in [-0.15, -0.1) is 16.4 Å². The highest BCUT2D eigenvalue weighted by Gasteiger charge is 2.58. The van der Waals surface area contributed by atoms with Crippen molar-refractivity contribution in [2.24, 2.45) is 11.3 Å². The number of thiophene rings is 1. The Morgan fingerprint density at radius 2 is 2.03 bits per heavy atom. The van der Waals surface area contributed by atoms with Crippen molar-refractivity contribution < 1.29 is 31.5 Å². The Morgan fingerprint density at radius 1 is 1.28 bits per heavy atom. The number of likely N-dealkylation sites (tertiary alicyclic amines) is 1. The Kier molecular flexibility index (Phi) is 12.9. The molecule has 0 spiro atoms. The number of nitrogen functional groups attached to an aromatic ring is 1. The van der Waals surface area contributed by atoms with Gasteiger partial charge in [-0.05, 0) is 80.7 Å². The second-order valence-corrected chi connectivity index (χ2v) is 17.9. The lowest BCUT2D eigenvalue weighted by atomic mass is 9.77. The highest BCUT2D eigenvalue weighted by molar-refractivity contribution is 7.23. The molecule has 19 heteroatoms. The molecule has 1 aliphatic carbocycles. The third-order valence-corrected chi connectivity index (χ3v) is 13.9. The molecule has 3 saturated heterocycles. The average Bonchev–Trinajstić information content (AvgIpc) is 3.67. The van der Waals surface area contributed by atoms with Crippen molar-refractivity contribution in [3.8, 4) is 12.1 Å². The third-order valence-electron chi connectivity index (χ3n) is 12.5. The van der Waals surface area contributed by atoms with E-state index in [2.05, 4.69) is 33.5 Å². The van der Waals surface area contributed by atoms with E-state index in [4.69, 9.17) is 27.1 Å². The summed E-state index contributed by atoms with van der Waals surface area (Å²) in [6, 6.07) is 4.36. The number of nitrogens with zero attached hydrogens (tertiary/aromatic N) is 9. The van der Waals surface area contributed by atoms with Crippen molar-refractivity contribution in [2.75, 3.05) is 43.9 Å². The average molecular weight is 887 g/mol. The second kappa shape index (κ2) is 17.9. The van der Waals surface area contributed by atoms with Gasteiger partial charge in [0.1, 0.15) is 41.9 Å². The molecule has 8 rings (SSSR count). The number of fused-ring (bicyclic) bond motifs is 2. The number of carbonyl (C=O) groups is 1. The number of nitrogens with two attached hydrogens (primary N) is 1. The number of hydrogen-bond acceptors (Lipinski definition) is 11. The van der Waals surface area contributed by atoms with Crippen LogP contribution in [-0.2, 0) is 6.67 Å². The molecule has 4 aromatic rings. The van der Waals surface area contributed by atoms with E-state index in [9.17, 15) is 32.0 Å². The van der Waals surface area contributed by atoms with Gasteiger partial charge in [0.25, 0.3) is 6.43 Å². The Morgan fingerprint density at radius 3 is 2.66 bits per heavy atom. The number of methoxy groups -OCH3 is 1. The molecule has 3 aromatic heterocycles. The predicted octanol–water partition coefficient (Wildman–Crippen LogP) is 9.15. The van der Waals surface area contributed by atoms with Crippen molar-refractivity contribution >= 4 is 61.5 Å². The maximum Gasteiger partial charge on any atom is 0.346 e. The lowest BCUT2D eigenvalue weighted by molar-refractivity contribution is 0.00874. The van der Waals surface area contributed by atoms with Gasteiger partial charge in [0.15, 0.2) is 0 Å². The number of aromatic nitrogens is 5. The molecule has 1 saturated carbocycles. The fourth-order valence-corrected chi connectivity index (χ4v) is 10.0. The quantitative estimate of drug-likeness (QED) is 0.108. The van der Waals surface area contributed by atoms with Crippen molar-refractivity contribution in [1.29, 1.82) is 5.26 Å². The number of carbonyl (C=O) groups excluding carboxylic acids is 1. The molecule has 5 unspecified atom stereocenters. The standard InChI is InChI=1S/C35H36ClF4N9O2S.C7H12FN/c1-6-17(2)47(14-19-15-48(28(19)35(4)9-10-35)34(50)49-16-43-31(46-49)29(39)40)32-21(25(12-37)44-33(45-32)51-5)11-23(36)18(3)20-7-8-24(38)27-26(20)22(13-41)30(42)52-27;8-6-4-7-2-1-3-9(7)5-6/h7-8,11,16-17,19,28-29H,3,6,9-10,12,14-15,42H2,1-2,4-5H3;6-7H,1-5H2/b23-11+;. The number of hydrogen-bond donors (Lipinski definition) is 1. The van der Waals surface area contributed by atoms with Crippen LogP contribution in [0.3, 0.4) is 0 Å². The number of alkyl halides is 4. The first-order chi connectivity index (χ1) is 29.1. The van der Waals surface area contributed by atoms with E-state index in [1.807, 2.05) is 24.8 Å². The van der Waals surface area contributed by atoms with Crippen LogP contribution in [0.25, 0.3) is 21.7 Å². The first kappa shape index (κ1) is 44.2. The summed E-state index contributed by atoms with van der Waals surface area (Å²) in [5, 5.41) is 14.0. The van der Waals surface area contributed by atoms with Gasteiger partial charge < -0.3 is 20.3 Å². The summed E-state index contributed by atoms with van der Waals surface area (Å²) >= 11 is 7.87. The maximum atomic E-state index is 14.8. The number of halogens is 6. The molecule has 4 aliphatic rings. The van der Waals surface area contributed by atoms with E-state index >= 15 is 0 Å². The molecule has 6 heterocycles. The molecule has 1 amide bonds. The molecule has 3 aliphatic heterocycles. The third kappa shape index (κ3) is 8.65. The SMILES string of the molecule is C=C(/C(Cl)=C\c1c(CF)nc(OC)nc1N(CC1CN(C(=O)n2cnc(C(F)F)n2)C1C1(C)CC1)C(C)CC)c1ccc(F)c2sc(N)c(C#N)c12.FC1CC2CCCN2C1. The van der Waals surface area contributed by atoms with Gasteiger partial charge in [-0.1, -0.05) is 38.1 Å².